The van der Waals surface area contributed by atoms with Crippen LogP contribution in [0.5, 0.6) is 0 Å². The van der Waals surface area contributed by atoms with E-state index in [0.717, 1.165) is 12.0 Å². The van der Waals surface area contributed by atoms with Gasteiger partial charge in [-0.2, -0.15) is 0 Å². The maximum atomic E-state index is 11.6. The molecule has 1 aromatic rings. The van der Waals surface area contributed by atoms with E-state index in [9.17, 15) is 13.2 Å². The molecule has 17 heavy (non-hydrogen) atoms. The molecule has 0 spiro atoms. The van der Waals surface area contributed by atoms with Crippen LogP contribution in [-0.4, -0.2) is 20.0 Å². The third kappa shape index (κ3) is 3.16. The zero-order valence-electron chi connectivity index (χ0n) is 10.4. The van der Waals surface area contributed by atoms with E-state index in [1.165, 1.54) is 0 Å². The lowest BCUT2D eigenvalue weighted by Gasteiger charge is -2.12. The molecule has 0 radical (unpaired) electrons. The second-order valence-electron chi connectivity index (χ2n) is 4.04. The summed E-state index contributed by atoms with van der Waals surface area (Å²) in [4.78, 5) is 11.7. The molecule has 0 bridgehead atoms. The lowest BCUT2D eigenvalue weighted by Crippen LogP contribution is -2.08. The van der Waals surface area contributed by atoms with Crippen molar-refractivity contribution in [3.8, 4) is 0 Å². The Hall–Kier alpha value is -1.16. The average molecular weight is 254 g/mol. The molecule has 94 valence electrons. The molecule has 0 aliphatic carbocycles. The van der Waals surface area contributed by atoms with Crippen LogP contribution in [0.3, 0.4) is 0 Å². The summed E-state index contributed by atoms with van der Waals surface area (Å²) >= 11 is 0. The summed E-state index contributed by atoms with van der Waals surface area (Å²) in [5, 5.41) is 0. The summed E-state index contributed by atoms with van der Waals surface area (Å²) in [5.41, 5.74) is 0.884. The summed E-state index contributed by atoms with van der Waals surface area (Å²) in [6, 6.07) is 6.63. The maximum absolute atomic E-state index is 11.6. The SMILES string of the molecule is CCC(C(C)=O)c1ccc(S(=O)(=O)CC)cc1. The van der Waals surface area contributed by atoms with E-state index in [1.807, 2.05) is 6.92 Å². The van der Waals surface area contributed by atoms with Crippen LogP contribution in [0.1, 0.15) is 38.7 Å². The lowest BCUT2D eigenvalue weighted by atomic mass is 9.93. The second-order valence-corrected chi connectivity index (χ2v) is 6.32. The summed E-state index contributed by atoms with van der Waals surface area (Å²) in [6.45, 7) is 5.13. The molecule has 1 aromatic carbocycles. The van der Waals surface area contributed by atoms with E-state index in [4.69, 9.17) is 0 Å². The first-order chi connectivity index (χ1) is 7.92. The van der Waals surface area contributed by atoms with E-state index < -0.39 is 9.84 Å². The minimum Gasteiger partial charge on any atom is -0.299 e. The van der Waals surface area contributed by atoms with Crippen molar-refractivity contribution in [3.05, 3.63) is 29.8 Å². The van der Waals surface area contributed by atoms with Crippen molar-refractivity contribution < 1.29 is 13.2 Å². The smallest absolute Gasteiger partial charge is 0.178 e. The predicted octanol–water partition coefficient (Wildman–Crippen LogP) is 2.56. The van der Waals surface area contributed by atoms with Gasteiger partial charge in [0.25, 0.3) is 0 Å². The summed E-state index contributed by atoms with van der Waals surface area (Å²) in [5.74, 6) is 0.0722. The largest absolute Gasteiger partial charge is 0.299 e. The number of Topliss-reactive ketones (excluding diaryl/α,β-unsaturated/α-hetero) is 1. The van der Waals surface area contributed by atoms with E-state index in [2.05, 4.69) is 0 Å². The number of hydrogen-bond acceptors (Lipinski definition) is 3. The van der Waals surface area contributed by atoms with Gasteiger partial charge in [0.05, 0.1) is 10.6 Å². The molecule has 0 fully saturated rings. The first-order valence-electron chi connectivity index (χ1n) is 5.75. The first-order valence-corrected chi connectivity index (χ1v) is 7.40. The molecule has 3 nitrogen and oxygen atoms in total. The third-order valence-electron chi connectivity index (χ3n) is 2.92. The Balaban J connectivity index is 3.07. The van der Waals surface area contributed by atoms with Gasteiger partial charge in [0.2, 0.25) is 0 Å². The molecule has 0 heterocycles. The Labute approximate surface area is 103 Å². The Morgan fingerprint density at radius 3 is 2.06 bits per heavy atom. The molecule has 1 rings (SSSR count). The van der Waals surface area contributed by atoms with Crippen LogP contribution in [-0.2, 0) is 14.6 Å². The van der Waals surface area contributed by atoms with Gasteiger partial charge in [-0.25, -0.2) is 8.42 Å². The molecule has 0 aliphatic rings. The van der Waals surface area contributed by atoms with Gasteiger partial charge >= 0.3 is 0 Å². The van der Waals surface area contributed by atoms with Crippen molar-refractivity contribution in [1.29, 1.82) is 0 Å². The van der Waals surface area contributed by atoms with Gasteiger partial charge in [-0.3, -0.25) is 4.79 Å². The van der Waals surface area contributed by atoms with Crippen LogP contribution in [0.2, 0.25) is 0 Å². The Morgan fingerprint density at radius 1 is 1.18 bits per heavy atom. The van der Waals surface area contributed by atoms with Crippen molar-refractivity contribution >= 4 is 15.6 Å². The van der Waals surface area contributed by atoms with Gasteiger partial charge in [0.1, 0.15) is 5.78 Å². The normalized spacial score (nSPS) is 13.4. The van der Waals surface area contributed by atoms with Crippen molar-refractivity contribution in [2.24, 2.45) is 0 Å². The van der Waals surface area contributed by atoms with Crippen molar-refractivity contribution in [2.75, 3.05) is 5.75 Å². The van der Waals surface area contributed by atoms with Gasteiger partial charge in [-0.15, -0.1) is 0 Å². The minimum atomic E-state index is -3.15. The van der Waals surface area contributed by atoms with E-state index in [1.54, 1.807) is 38.1 Å². The zero-order valence-corrected chi connectivity index (χ0v) is 11.3. The highest BCUT2D eigenvalue weighted by atomic mass is 32.2. The van der Waals surface area contributed by atoms with Gasteiger partial charge in [-0.1, -0.05) is 26.0 Å². The van der Waals surface area contributed by atoms with Crippen molar-refractivity contribution in [1.82, 2.24) is 0 Å². The summed E-state index contributed by atoms with van der Waals surface area (Å²) in [7, 11) is -3.15. The molecule has 1 atom stereocenters. The average Bonchev–Trinajstić information content (AvgIpc) is 2.30. The van der Waals surface area contributed by atoms with Crippen LogP contribution in [0, 0.1) is 0 Å². The van der Waals surface area contributed by atoms with Gasteiger partial charge in [-0.05, 0) is 31.0 Å². The van der Waals surface area contributed by atoms with Gasteiger partial charge < -0.3 is 0 Å². The number of benzene rings is 1. The molecule has 0 amide bonds. The molecular weight excluding hydrogens is 236 g/mol. The molecule has 1 unspecified atom stereocenters. The van der Waals surface area contributed by atoms with Gasteiger partial charge in [0.15, 0.2) is 9.84 Å². The zero-order chi connectivity index (χ0) is 13.1. The summed E-state index contributed by atoms with van der Waals surface area (Å²) < 4.78 is 23.2. The monoisotopic (exact) mass is 254 g/mol. The quantitative estimate of drug-likeness (QED) is 0.811. The number of sulfone groups is 1. The number of rotatable bonds is 5. The van der Waals surface area contributed by atoms with Crippen LogP contribution in [0.4, 0.5) is 0 Å². The fourth-order valence-corrected chi connectivity index (χ4v) is 2.72. The Bertz CT molecular complexity index is 486. The van der Waals surface area contributed by atoms with Crippen molar-refractivity contribution in [3.63, 3.8) is 0 Å². The van der Waals surface area contributed by atoms with E-state index in [0.29, 0.717) is 4.90 Å². The number of carbonyl (C=O) groups is 1. The third-order valence-corrected chi connectivity index (χ3v) is 4.67. The number of carbonyl (C=O) groups excluding carboxylic acids is 1. The van der Waals surface area contributed by atoms with Crippen LogP contribution in [0.25, 0.3) is 0 Å². The number of ketones is 1. The van der Waals surface area contributed by atoms with E-state index in [-0.39, 0.29) is 17.5 Å². The van der Waals surface area contributed by atoms with Crippen LogP contribution < -0.4 is 0 Å². The fraction of sp³-hybridized carbons (Fsp3) is 0.462. The van der Waals surface area contributed by atoms with E-state index >= 15 is 0 Å². The molecule has 0 N–H and O–H groups in total. The summed E-state index contributed by atoms with van der Waals surface area (Å²) in [6.07, 6.45) is 0.731. The molecule has 0 saturated carbocycles. The first kappa shape index (κ1) is 13.9. The van der Waals surface area contributed by atoms with Crippen LogP contribution in [0.15, 0.2) is 29.2 Å². The second kappa shape index (κ2) is 5.45. The minimum absolute atomic E-state index is 0.0935. The molecule has 4 heteroatoms. The highest BCUT2D eigenvalue weighted by molar-refractivity contribution is 7.91. The Kier molecular flexibility index (Phi) is 4.46. The highest BCUT2D eigenvalue weighted by Gasteiger charge is 2.16. The lowest BCUT2D eigenvalue weighted by molar-refractivity contribution is -0.118. The fourth-order valence-electron chi connectivity index (χ4n) is 1.83. The van der Waals surface area contributed by atoms with Gasteiger partial charge in [0, 0.05) is 5.92 Å². The standard InChI is InChI=1S/C13H18O3S/c1-4-13(10(3)14)11-6-8-12(9-7-11)17(15,16)5-2/h6-9,13H,4-5H2,1-3H3. The molecule has 0 saturated heterocycles. The highest BCUT2D eigenvalue weighted by Crippen LogP contribution is 2.22. The van der Waals surface area contributed by atoms with Crippen molar-refractivity contribution in [2.45, 2.75) is 38.0 Å². The maximum Gasteiger partial charge on any atom is 0.178 e. The molecular formula is C13H18O3S. The molecule has 0 aromatic heterocycles. The number of hydrogen-bond donors (Lipinski definition) is 0. The van der Waals surface area contributed by atoms with Crippen LogP contribution >= 0.6 is 0 Å². The topological polar surface area (TPSA) is 51.2 Å². The molecule has 0 aliphatic heterocycles. The predicted molar refractivity (Wildman–Crippen MR) is 67.9 cm³/mol. The Morgan fingerprint density at radius 2 is 1.71 bits per heavy atom.